The number of aromatic nitrogens is 2. The van der Waals surface area contributed by atoms with Gasteiger partial charge in [0.15, 0.2) is 5.16 Å². The van der Waals surface area contributed by atoms with Gasteiger partial charge in [-0.05, 0) is 42.5 Å². The Morgan fingerprint density at radius 2 is 1.73 bits per heavy atom. The summed E-state index contributed by atoms with van der Waals surface area (Å²) in [6, 6.07) is 21.0. The molecule has 33 heavy (non-hydrogen) atoms. The maximum atomic E-state index is 13.3. The van der Waals surface area contributed by atoms with Crippen molar-refractivity contribution in [1.29, 1.82) is 0 Å². The number of hydrogen-bond acceptors (Lipinski definition) is 3. The van der Waals surface area contributed by atoms with E-state index in [1.807, 2.05) is 30.3 Å². The summed E-state index contributed by atoms with van der Waals surface area (Å²) < 4.78 is 41.6. The first-order valence-electron chi connectivity index (χ1n) is 9.80. The third kappa shape index (κ3) is 5.58. The number of hydrogen-bond donors (Lipinski definition) is 1. The molecule has 0 saturated carbocycles. The molecule has 0 unspecified atom stereocenters. The van der Waals surface area contributed by atoms with Crippen molar-refractivity contribution in [2.24, 2.45) is 0 Å². The van der Waals surface area contributed by atoms with Crippen LogP contribution in [0.2, 0.25) is 5.02 Å². The van der Waals surface area contributed by atoms with Gasteiger partial charge in [0, 0.05) is 22.0 Å². The Balaban J connectivity index is 1.64. The Morgan fingerprint density at radius 1 is 1.00 bits per heavy atom. The lowest BCUT2D eigenvalue weighted by Gasteiger charge is -2.14. The van der Waals surface area contributed by atoms with E-state index < -0.39 is 11.7 Å². The van der Waals surface area contributed by atoms with Crippen LogP contribution in [0.5, 0.6) is 0 Å². The van der Waals surface area contributed by atoms with Gasteiger partial charge in [-0.2, -0.15) is 13.2 Å². The number of nitrogens with one attached hydrogen (secondary N) is 1. The van der Waals surface area contributed by atoms with Crippen LogP contribution in [0.25, 0.3) is 16.9 Å². The molecular weight excluding hydrogens is 471 g/mol. The summed E-state index contributed by atoms with van der Waals surface area (Å²) in [5.74, 6) is -0.255. The number of carbonyl (C=O) groups excluding carboxylic acids is 1. The molecule has 0 aliphatic rings. The Kier molecular flexibility index (Phi) is 6.76. The van der Waals surface area contributed by atoms with Crippen molar-refractivity contribution in [3.8, 4) is 16.9 Å². The summed E-state index contributed by atoms with van der Waals surface area (Å²) >= 11 is 6.99. The first-order chi connectivity index (χ1) is 15.8. The predicted molar refractivity (Wildman–Crippen MR) is 125 cm³/mol. The van der Waals surface area contributed by atoms with Crippen molar-refractivity contribution >= 4 is 35.0 Å². The number of carbonyl (C=O) groups is 1. The summed E-state index contributed by atoms with van der Waals surface area (Å²) in [7, 11) is 0. The average Bonchev–Trinajstić information content (AvgIpc) is 3.23. The van der Waals surface area contributed by atoms with E-state index in [1.165, 1.54) is 6.07 Å². The van der Waals surface area contributed by atoms with E-state index in [0.29, 0.717) is 27.2 Å². The maximum absolute atomic E-state index is 13.3. The normalized spacial score (nSPS) is 11.4. The fourth-order valence-corrected chi connectivity index (χ4v) is 4.10. The summed E-state index contributed by atoms with van der Waals surface area (Å²) in [6.07, 6.45) is -2.88. The highest BCUT2D eigenvalue weighted by Gasteiger charge is 2.31. The molecule has 3 aromatic carbocycles. The van der Waals surface area contributed by atoms with E-state index in [9.17, 15) is 18.0 Å². The summed E-state index contributed by atoms with van der Waals surface area (Å²) in [6.45, 7) is 0. The molecule has 4 aromatic rings. The molecule has 0 atom stereocenters. The third-order valence-corrected chi connectivity index (χ3v) is 5.90. The smallest absolute Gasteiger partial charge is 0.325 e. The highest BCUT2D eigenvalue weighted by molar-refractivity contribution is 7.99. The van der Waals surface area contributed by atoms with E-state index in [4.69, 9.17) is 11.6 Å². The van der Waals surface area contributed by atoms with Crippen LogP contribution in [0.1, 0.15) is 5.56 Å². The van der Waals surface area contributed by atoms with Crippen molar-refractivity contribution in [3.63, 3.8) is 0 Å². The molecule has 0 aliphatic carbocycles. The molecule has 4 nitrogen and oxygen atoms in total. The number of imidazole rings is 1. The van der Waals surface area contributed by atoms with E-state index in [1.54, 1.807) is 41.1 Å². The average molecular weight is 488 g/mol. The molecule has 0 bridgehead atoms. The van der Waals surface area contributed by atoms with Crippen LogP contribution >= 0.6 is 23.4 Å². The van der Waals surface area contributed by atoms with Crippen LogP contribution in [0.3, 0.4) is 0 Å². The van der Waals surface area contributed by atoms with E-state index in [-0.39, 0.29) is 11.7 Å². The van der Waals surface area contributed by atoms with E-state index >= 15 is 0 Å². The van der Waals surface area contributed by atoms with Crippen LogP contribution in [0.4, 0.5) is 18.9 Å². The Labute approximate surface area is 197 Å². The molecule has 9 heteroatoms. The number of alkyl halides is 3. The van der Waals surface area contributed by atoms with E-state index in [0.717, 1.165) is 29.5 Å². The number of nitrogens with zero attached hydrogens (tertiary/aromatic N) is 2. The Hall–Kier alpha value is -3.23. The fraction of sp³-hybridized carbons (Fsp3) is 0.0833. The van der Waals surface area contributed by atoms with Gasteiger partial charge in [-0.15, -0.1) is 0 Å². The molecule has 0 fully saturated rings. The minimum absolute atomic E-state index is 0.0207. The summed E-state index contributed by atoms with van der Waals surface area (Å²) in [5.41, 5.74) is 1.55. The topological polar surface area (TPSA) is 46.9 Å². The van der Waals surface area contributed by atoms with Crippen molar-refractivity contribution in [1.82, 2.24) is 9.55 Å². The largest absolute Gasteiger partial charge is 0.416 e. The lowest BCUT2D eigenvalue weighted by atomic mass is 10.1. The van der Waals surface area contributed by atoms with Crippen molar-refractivity contribution in [2.45, 2.75) is 11.3 Å². The number of thioether (sulfide) groups is 1. The second kappa shape index (κ2) is 9.72. The quantitative estimate of drug-likeness (QED) is 0.299. The minimum atomic E-state index is -4.48. The molecule has 0 radical (unpaired) electrons. The zero-order chi connectivity index (χ0) is 23.4. The van der Waals surface area contributed by atoms with Crippen LogP contribution in [0.15, 0.2) is 90.2 Å². The molecule has 1 N–H and O–H groups in total. The predicted octanol–water partition coefficient (Wildman–Crippen LogP) is 6.94. The van der Waals surface area contributed by atoms with Crippen LogP contribution in [-0.2, 0) is 11.0 Å². The van der Waals surface area contributed by atoms with Gasteiger partial charge < -0.3 is 5.32 Å². The van der Waals surface area contributed by atoms with Crippen molar-refractivity contribution < 1.29 is 18.0 Å². The monoisotopic (exact) mass is 487 g/mol. The number of rotatable bonds is 6. The van der Waals surface area contributed by atoms with E-state index in [2.05, 4.69) is 10.3 Å². The van der Waals surface area contributed by atoms with Crippen molar-refractivity contribution in [2.75, 3.05) is 11.1 Å². The molecule has 1 amide bonds. The number of benzene rings is 3. The summed E-state index contributed by atoms with van der Waals surface area (Å²) in [4.78, 5) is 16.8. The van der Waals surface area contributed by atoms with Gasteiger partial charge in [0.25, 0.3) is 0 Å². The molecular formula is C24H17ClF3N3OS. The molecule has 0 saturated heterocycles. The second-order valence-corrected chi connectivity index (χ2v) is 8.40. The first-order valence-corrected chi connectivity index (χ1v) is 11.2. The van der Waals surface area contributed by atoms with Crippen LogP contribution < -0.4 is 5.32 Å². The highest BCUT2D eigenvalue weighted by atomic mass is 35.5. The standard InChI is InChI=1S/C24H17ClF3N3OS/c25-18-9-11-19(12-10-18)30-22(32)15-33-23-29-14-21(16-5-2-1-3-6-16)31(23)20-8-4-7-17(13-20)24(26,27)28/h1-14H,15H2,(H,30,32). The van der Waals surface area contributed by atoms with Gasteiger partial charge in [-0.3, -0.25) is 9.36 Å². The Bertz CT molecular complexity index is 1260. The number of halogens is 4. The molecule has 4 rings (SSSR count). The van der Waals surface area contributed by atoms with Gasteiger partial charge >= 0.3 is 6.18 Å². The van der Waals surface area contributed by atoms with Gasteiger partial charge in [-0.25, -0.2) is 4.98 Å². The zero-order valence-electron chi connectivity index (χ0n) is 17.0. The number of anilines is 1. The van der Waals surface area contributed by atoms with Gasteiger partial charge in [0.1, 0.15) is 0 Å². The fourth-order valence-electron chi connectivity index (χ4n) is 3.18. The third-order valence-electron chi connectivity index (χ3n) is 4.69. The van der Waals surface area contributed by atoms with Gasteiger partial charge in [-0.1, -0.05) is 59.8 Å². The molecule has 1 heterocycles. The SMILES string of the molecule is O=C(CSc1ncc(-c2ccccc2)n1-c1cccc(C(F)(F)F)c1)Nc1ccc(Cl)cc1. The van der Waals surface area contributed by atoms with Crippen LogP contribution in [-0.4, -0.2) is 21.2 Å². The molecule has 1 aromatic heterocycles. The maximum Gasteiger partial charge on any atom is 0.416 e. The summed E-state index contributed by atoms with van der Waals surface area (Å²) in [5, 5.41) is 3.72. The lowest BCUT2D eigenvalue weighted by molar-refractivity contribution is -0.137. The number of amides is 1. The highest BCUT2D eigenvalue weighted by Crippen LogP contribution is 2.34. The zero-order valence-corrected chi connectivity index (χ0v) is 18.6. The van der Waals surface area contributed by atoms with Crippen molar-refractivity contribution in [3.05, 3.63) is 95.6 Å². The minimum Gasteiger partial charge on any atom is -0.325 e. The Morgan fingerprint density at radius 3 is 2.42 bits per heavy atom. The lowest BCUT2D eigenvalue weighted by Crippen LogP contribution is -2.14. The van der Waals surface area contributed by atoms with Crippen LogP contribution in [0, 0.1) is 0 Å². The second-order valence-electron chi connectivity index (χ2n) is 7.02. The van der Waals surface area contributed by atoms with Gasteiger partial charge in [0.2, 0.25) is 5.91 Å². The molecule has 168 valence electrons. The molecule has 0 aliphatic heterocycles. The van der Waals surface area contributed by atoms with Gasteiger partial charge in [0.05, 0.1) is 23.2 Å². The molecule has 0 spiro atoms. The first kappa shape index (κ1) is 22.9.